The van der Waals surface area contributed by atoms with Crippen molar-refractivity contribution < 1.29 is 9.53 Å². The molecule has 0 aliphatic carbocycles. The van der Waals surface area contributed by atoms with Gasteiger partial charge in [0, 0.05) is 0 Å². The molecule has 2 N–H and O–H groups in total. The molecule has 0 atom stereocenters. The lowest BCUT2D eigenvalue weighted by atomic mass is 10.3. The number of methoxy groups -OCH3 is 1. The molecule has 0 amide bonds. The van der Waals surface area contributed by atoms with E-state index >= 15 is 0 Å². The van der Waals surface area contributed by atoms with Gasteiger partial charge in [-0.2, -0.15) is 0 Å². The van der Waals surface area contributed by atoms with Gasteiger partial charge in [-0.1, -0.05) is 0 Å². The number of hydrogen-bond donors (Lipinski definition) is 1. The predicted molar refractivity (Wildman–Crippen MR) is 52.1 cm³/mol. The van der Waals surface area contributed by atoms with Crippen molar-refractivity contribution in [1.82, 2.24) is 4.98 Å². The molecule has 1 aromatic heterocycles. The largest absolute Gasteiger partial charge is 0.469 e. The maximum absolute atomic E-state index is 10.9. The summed E-state index contributed by atoms with van der Waals surface area (Å²) in [4.78, 5) is 14.9. The average Bonchev–Trinajstić information content (AvgIpc) is 2.11. The highest BCUT2D eigenvalue weighted by Crippen LogP contribution is 2.16. The van der Waals surface area contributed by atoms with Crippen LogP contribution >= 0.6 is 15.9 Å². The number of esters is 1. The van der Waals surface area contributed by atoms with Gasteiger partial charge >= 0.3 is 5.97 Å². The Bertz CT molecular complexity index is 328. The number of pyridine rings is 1. The van der Waals surface area contributed by atoms with Crippen molar-refractivity contribution in [3.63, 3.8) is 0 Å². The molecular formula is C8H9BrN2O2. The molecule has 0 aliphatic rings. The fourth-order valence-corrected chi connectivity index (χ4v) is 1.04. The lowest BCUT2D eigenvalue weighted by molar-refractivity contribution is -0.139. The van der Waals surface area contributed by atoms with Gasteiger partial charge in [0.25, 0.3) is 0 Å². The zero-order valence-corrected chi connectivity index (χ0v) is 8.67. The topological polar surface area (TPSA) is 65.2 Å². The molecule has 1 aromatic rings. The van der Waals surface area contributed by atoms with E-state index in [4.69, 9.17) is 5.73 Å². The average molecular weight is 245 g/mol. The Hall–Kier alpha value is -1.10. The normalized spacial score (nSPS) is 9.69. The summed E-state index contributed by atoms with van der Waals surface area (Å²) < 4.78 is 5.22. The molecule has 0 bridgehead atoms. The third-order valence-electron chi connectivity index (χ3n) is 1.48. The summed E-state index contributed by atoms with van der Waals surface area (Å²) in [6.45, 7) is 0. The second-order valence-corrected chi connectivity index (χ2v) is 3.28. The van der Waals surface area contributed by atoms with Gasteiger partial charge in [0.05, 0.1) is 23.7 Å². The van der Waals surface area contributed by atoms with E-state index in [0.29, 0.717) is 11.5 Å². The Morgan fingerprint density at radius 3 is 2.92 bits per heavy atom. The smallest absolute Gasteiger partial charge is 0.311 e. The number of halogens is 1. The Labute approximate surface area is 84.2 Å². The van der Waals surface area contributed by atoms with Crippen molar-refractivity contribution in [1.29, 1.82) is 0 Å². The van der Waals surface area contributed by atoms with E-state index in [-0.39, 0.29) is 12.4 Å². The maximum atomic E-state index is 10.9. The van der Waals surface area contributed by atoms with Crippen molar-refractivity contribution in [2.75, 3.05) is 12.8 Å². The van der Waals surface area contributed by atoms with E-state index in [0.717, 1.165) is 4.47 Å². The summed E-state index contributed by atoms with van der Waals surface area (Å²) in [6, 6.07) is 3.47. The van der Waals surface area contributed by atoms with Crippen LogP contribution in [0.25, 0.3) is 0 Å². The van der Waals surface area contributed by atoms with Crippen LogP contribution in [0, 0.1) is 0 Å². The second kappa shape index (κ2) is 4.23. The zero-order valence-electron chi connectivity index (χ0n) is 7.08. The van der Waals surface area contributed by atoms with Crippen LogP contribution in [0.3, 0.4) is 0 Å². The number of nitrogens with two attached hydrogens (primary N) is 1. The van der Waals surface area contributed by atoms with Gasteiger partial charge in [-0.15, -0.1) is 0 Å². The van der Waals surface area contributed by atoms with E-state index in [1.165, 1.54) is 7.11 Å². The standard InChI is InChI=1S/C8H9BrN2O2/c1-13-7(12)4-5-2-3-6(9)8(10)11-5/h2-3H,4H2,1H3,(H2,10,11). The van der Waals surface area contributed by atoms with E-state index in [2.05, 4.69) is 25.7 Å². The van der Waals surface area contributed by atoms with E-state index in [1.54, 1.807) is 12.1 Å². The molecule has 0 fully saturated rings. The number of hydrogen-bond acceptors (Lipinski definition) is 4. The third kappa shape index (κ3) is 2.69. The lowest BCUT2D eigenvalue weighted by Crippen LogP contribution is -2.07. The van der Waals surface area contributed by atoms with Crippen molar-refractivity contribution in [3.8, 4) is 0 Å². The van der Waals surface area contributed by atoms with Crippen molar-refractivity contribution in [2.24, 2.45) is 0 Å². The number of nitrogen functional groups attached to an aromatic ring is 1. The van der Waals surface area contributed by atoms with E-state index in [9.17, 15) is 4.79 Å². The van der Waals surface area contributed by atoms with Gasteiger partial charge in [-0.25, -0.2) is 4.98 Å². The maximum Gasteiger partial charge on any atom is 0.311 e. The summed E-state index contributed by atoms with van der Waals surface area (Å²) in [6.07, 6.45) is 0.147. The van der Waals surface area contributed by atoms with Gasteiger partial charge in [0.2, 0.25) is 0 Å². The molecular weight excluding hydrogens is 236 g/mol. The summed E-state index contributed by atoms with van der Waals surface area (Å²) >= 11 is 3.21. The van der Waals surface area contributed by atoms with Crippen molar-refractivity contribution in [2.45, 2.75) is 6.42 Å². The Kier molecular flexibility index (Phi) is 3.25. The minimum atomic E-state index is -0.325. The van der Waals surface area contributed by atoms with Crippen LogP contribution in [-0.2, 0) is 16.0 Å². The lowest BCUT2D eigenvalue weighted by Gasteiger charge is -2.01. The highest BCUT2D eigenvalue weighted by molar-refractivity contribution is 9.10. The minimum Gasteiger partial charge on any atom is -0.469 e. The Morgan fingerprint density at radius 1 is 1.69 bits per heavy atom. The van der Waals surface area contributed by atoms with E-state index in [1.807, 2.05) is 0 Å². The van der Waals surface area contributed by atoms with Crippen molar-refractivity contribution >= 4 is 27.7 Å². The van der Waals surface area contributed by atoms with E-state index < -0.39 is 0 Å². The van der Waals surface area contributed by atoms with Gasteiger partial charge in [-0.05, 0) is 28.1 Å². The number of ether oxygens (including phenoxy) is 1. The first-order valence-electron chi connectivity index (χ1n) is 3.61. The first-order valence-corrected chi connectivity index (χ1v) is 4.40. The molecule has 0 saturated heterocycles. The monoisotopic (exact) mass is 244 g/mol. The zero-order chi connectivity index (χ0) is 9.84. The molecule has 0 unspecified atom stereocenters. The van der Waals surface area contributed by atoms with Crippen LogP contribution in [0.5, 0.6) is 0 Å². The van der Waals surface area contributed by atoms with Crippen molar-refractivity contribution in [3.05, 3.63) is 22.3 Å². The summed E-state index contributed by atoms with van der Waals surface area (Å²) in [5.41, 5.74) is 6.13. The van der Waals surface area contributed by atoms with Crippen LogP contribution in [0.2, 0.25) is 0 Å². The molecule has 0 aliphatic heterocycles. The molecule has 4 nitrogen and oxygen atoms in total. The van der Waals surface area contributed by atoms with Gasteiger partial charge in [-0.3, -0.25) is 4.79 Å². The minimum absolute atomic E-state index is 0.147. The Balaban J connectivity index is 2.79. The molecule has 1 heterocycles. The number of carbonyl (C=O) groups is 1. The first-order chi connectivity index (χ1) is 6.13. The number of aromatic nitrogens is 1. The molecule has 70 valence electrons. The second-order valence-electron chi connectivity index (χ2n) is 2.42. The summed E-state index contributed by atoms with van der Waals surface area (Å²) in [7, 11) is 1.34. The molecule has 0 spiro atoms. The number of rotatable bonds is 2. The highest BCUT2D eigenvalue weighted by atomic mass is 79.9. The third-order valence-corrected chi connectivity index (χ3v) is 2.15. The fourth-order valence-electron chi connectivity index (χ4n) is 0.819. The molecule has 1 rings (SSSR count). The first kappa shape index (κ1) is 9.98. The van der Waals surface area contributed by atoms with Crippen LogP contribution in [0.15, 0.2) is 16.6 Å². The molecule has 0 saturated carbocycles. The van der Waals surface area contributed by atoms with Crippen LogP contribution in [0.1, 0.15) is 5.69 Å². The number of nitrogens with zero attached hydrogens (tertiary/aromatic N) is 1. The fraction of sp³-hybridized carbons (Fsp3) is 0.250. The summed E-state index contributed by atoms with van der Waals surface area (Å²) in [5, 5.41) is 0. The van der Waals surface area contributed by atoms with Gasteiger partial charge < -0.3 is 10.5 Å². The van der Waals surface area contributed by atoms with Gasteiger partial charge in [0.1, 0.15) is 5.82 Å². The summed E-state index contributed by atoms with van der Waals surface area (Å²) in [5.74, 6) is 0.0515. The van der Waals surface area contributed by atoms with Gasteiger partial charge in [0.15, 0.2) is 0 Å². The SMILES string of the molecule is COC(=O)Cc1ccc(Br)c(N)n1. The molecule has 0 aromatic carbocycles. The Morgan fingerprint density at radius 2 is 2.38 bits per heavy atom. The number of carbonyl (C=O) groups excluding carboxylic acids is 1. The highest BCUT2D eigenvalue weighted by Gasteiger charge is 2.05. The van der Waals surface area contributed by atoms with Crippen LogP contribution in [0.4, 0.5) is 5.82 Å². The quantitative estimate of drug-likeness (QED) is 0.793. The molecule has 5 heteroatoms. The molecule has 0 radical (unpaired) electrons. The number of anilines is 1. The van der Waals surface area contributed by atoms with Crippen LogP contribution < -0.4 is 5.73 Å². The van der Waals surface area contributed by atoms with Crippen LogP contribution in [-0.4, -0.2) is 18.1 Å². The predicted octanol–water partition coefficient (Wildman–Crippen LogP) is 1.14. The molecule has 13 heavy (non-hydrogen) atoms.